The molecule has 6 nitrogen and oxygen atoms in total. The van der Waals surface area contributed by atoms with Crippen molar-refractivity contribution in [2.75, 3.05) is 20.1 Å². The molecule has 0 bridgehead atoms. The summed E-state index contributed by atoms with van der Waals surface area (Å²) in [6.07, 6.45) is 2.66. The van der Waals surface area contributed by atoms with Gasteiger partial charge in [-0.3, -0.25) is 4.79 Å². The Kier molecular flexibility index (Phi) is 7.39. The van der Waals surface area contributed by atoms with Crippen LogP contribution in [0.4, 0.5) is 0 Å². The fourth-order valence-corrected chi connectivity index (χ4v) is 3.54. The van der Waals surface area contributed by atoms with Crippen molar-refractivity contribution in [1.82, 2.24) is 20.4 Å². The number of benzene rings is 1. The van der Waals surface area contributed by atoms with Gasteiger partial charge in [-0.15, -0.1) is 12.4 Å². The summed E-state index contributed by atoms with van der Waals surface area (Å²) in [6, 6.07) is 6.31. The first-order chi connectivity index (χ1) is 12.5. The molecule has 1 aliphatic heterocycles. The van der Waals surface area contributed by atoms with Crippen molar-refractivity contribution in [1.29, 1.82) is 0 Å². The second-order valence-corrected chi connectivity index (χ2v) is 7.41. The summed E-state index contributed by atoms with van der Waals surface area (Å²) in [4.78, 5) is 19.4. The molecular formula is C20H29ClN4O2. The van der Waals surface area contributed by atoms with Crippen LogP contribution in [0, 0.1) is 13.8 Å². The van der Waals surface area contributed by atoms with Gasteiger partial charge in [0.15, 0.2) is 5.82 Å². The number of hydrogen-bond donors (Lipinski definition) is 1. The number of nitrogens with one attached hydrogen (secondary N) is 1. The Morgan fingerprint density at radius 2 is 2.04 bits per heavy atom. The number of nitrogens with zero attached hydrogens (tertiary/aromatic N) is 3. The van der Waals surface area contributed by atoms with E-state index in [1.807, 2.05) is 37.9 Å². The molecular weight excluding hydrogens is 364 g/mol. The van der Waals surface area contributed by atoms with Gasteiger partial charge in [-0.1, -0.05) is 22.3 Å². The smallest absolute Gasteiger partial charge is 0.253 e. The molecule has 0 aliphatic carbocycles. The predicted molar refractivity (Wildman–Crippen MR) is 108 cm³/mol. The molecule has 0 radical (unpaired) electrons. The van der Waals surface area contributed by atoms with Gasteiger partial charge in [0.2, 0.25) is 5.89 Å². The molecule has 1 aromatic heterocycles. The second kappa shape index (κ2) is 9.33. The quantitative estimate of drug-likeness (QED) is 0.845. The van der Waals surface area contributed by atoms with Crippen molar-refractivity contribution in [2.45, 2.75) is 52.0 Å². The van der Waals surface area contributed by atoms with E-state index in [0.717, 1.165) is 48.3 Å². The van der Waals surface area contributed by atoms with E-state index in [4.69, 9.17) is 4.52 Å². The first kappa shape index (κ1) is 21.4. The number of aromatic nitrogens is 2. The van der Waals surface area contributed by atoms with Crippen LogP contribution in [-0.4, -0.2) is 47.1 Å². The Bertz CT molecular complexity index is 757. The van der Waals surface area contributed by atoms with Crippen molar-refractivity contribution in [3.8, 4) is 0 Å². The van der Waals surface area contributed by atoms with Crippen molar-refractivity contribution in [2.24, 2.45) is 0 Å². The molecule has 1 amide bonds. The van der Waals surface area contributed by atoms with E-state index in [1.54, 1.807) is 0 Å². The largest absolute Gasteiger partial charge is 0.339 e. The Balaban J connectivity index is 0.00000261. The number of halogens is 1. The Labute approximate surface area is 167 Å². The molecule has 2 heterocycles. The topological polar surface area (TPSA) is 71.3 Å². The number of rotatable bonds is 5. The van der Waals surface area contributed by atoms with Crippen molar-refractivity contribution >= 4 is 18.3 Å². The van der Waals surface area contributed by atoms with Gasteiger partial charge in [0, 0.05) is 31.1 Å². The van der Waals surface area contributed by atoms with E-state index in [2.05, 4.69) is 28.4 Å². The van der Waals surface area contributed by atoms with Crippen LogP contribution in [0.25, 0.3) is 0 Å². The van der Waals surface area contributed by atoms with Gasteiger partial charge < -0.3 is 14.7 Å². The van der Waals surface area contributed by atoms with Crippen molar-refractivity contribution < 1.29 is 9.32 Å². The van der Waals surface area contributed by atoms with Crippen LogP contribution in [0.3, 0.4) is 0 Å². The lowest BCUT2D eigenvalue weighted by Crippen LogP contribution is -2.39. The zero-order chi connectivity index (χ0) is 18.7. The summed E-state index contributed by atoms with van der Waals surface area (Å²) in [7, 11) is 1.92. The van der Waals surface area contributed by atoms with Crippen LogP contribution in [0.15, 0.2) is 22.7 Å². The molecule has 1 saturated heterocycles. The second-order valence-electron chi connectivity index (χ2n) is 7.41. The van der Waals surface area contributed by atoms with Gasteiger partial charge in [-0.2, -0.15) is 4.98 Å². The van der Waals surface area contributed by atoms with Crippen LogP contribution >= 0.6 is 12.4 Å². The Morgan fingerprint density at radius 3 is 2.70 bits per heavy atom. The van der Waals surface area contributed by atoms with Gasteiger partial charge in [0.1, 0.15) is 0 Å². The maximum Gasteiger partial charge on any atom is 0.253 e. The van der Waals surface area contributed by atoms with Crippen LogP contribution in [0.5, 0.6) is 0 Å². The zero-order valence-electron chi connectivity index (χ0n) is 16.5. The van der Waals surface area contributed by atoms with Crippen LogP contribution in [0.1, 0.15) is 58.9 Å². The minimum absolute atomic E-state index is 0. The van der Waals surface area contributed by atoms with E-state index in [0.29, 0.717) is 18.5 Å². The Morgan fingerprint density at radius 1 is 1.33 bits per heavy atom. The molecule has 148 valence electrons. The molecule has 2 aromatic rings. The summed E-state index contributed by atoms with van der Waals surface area (Å²) in [5.41, 5.74) is 2.99. The highest BCUT2D eigenvalue weighted by molar-refractivity contribution is 5.94. The number of carbonyl (C=O) groups excluding carboxylic acids is 1. The fraction of sp³-hybridized carbons (Fsp3) is 0.550. The van der Waals surface area contributed by atoms with Crippen LogP contribution in [-0.2, 0) is 6.42 Å². The molecule has 1 fully saturated rings. The lowest BCUT2D eigenvalue weighted by molar-refractivity contribution is 0.0695. The monoisotopic (exact) mass is 392 g/mol. The summed E-state index contributed by atoms with van der Waals surface area (Å²) in [6.45, 7) is 7.54. The normalized spacial score (nSPS) is 18.1. The van der Waals surface area contributed by atoms with E-state index in [1.165, 1.54) is 0 Å². The molecule has 7 heteroatoms. The zero-order valence-corrected chi connectivity index (χ0v) is 17.3. The van der Waals surface area contributed by atoms with E-state index < -0.39 is 0 Å². The number of amides is 1. The van der Waals surface area contributed by atoms with E-state index >= 15 is 0 Å². The minimum Gasteiger partial charge on any atom is -0.339 e. The van der Waals surface area contributed by atoms with Gasteiger partial charge in [-0.25, -0.2) is 0 Å². The lowest BCUT2D eigenvalue weighted by Gasteiger charge is -2.31. The predicted octanol–water partition coefficient (Wildman–Crippen LogP) is 3.28. The van der Waals surface area contributed by atoms with Crippen LogP contribution in [0.2, 0.25) is 0 Å². The van der Waals surface area contributed by atoms with Gasteiger partial charge in [0.25, 0.3) is 5.91 Å². The summed E-state index contributed by atoms with van der Waals surface area (Å²) >= 11 is 0. The van der Waals surface area contributed by atoms with Crippen molar-refractivity contribution in [3.63, 3.8) is 0 Å². The fourth-order valence-electron chi connectivity index (χ4n) is 3.54. The Hall–Kier alpha value is -1.92. The maximum absolute atomic E-state index is 12.9. The van der Waals surface area contributed by atoms with Crippen LogP contribution < -0.4 is 5.32 Å². The molecule has 0 spiro atoms. The molecule has 1 N–H and O–H groups in total. The highest BCUT2D eigenvalue weighted by Gasteiger charge is 2.29. The SMILES string of the molecule is CNC(C)Cc1noc(C2CCCN(C(=O)c3cc(C)cc(C)c3)C2)n1.Cl. The highest BCUT2D eigenvalue weighted by atomic mass is 35.5. The first-order valence-electron chi connectivity index (χ1n) is 9.33. The highest BCUT2D eigenvalue weighted by Crippen LogP contribution is 2.27. The van der Waals surface area contributed by atoms with E-state index in [9.17, 15) is 4.79 Å². The minimum atomic E-state index is 0. The van der Waals surface area contributed by atoms with Gasteiger partial charge in [-0.05, 0) is 52.8 Å². The number of aryl methyl sites for hydroxylation is 2. The first-order valence-corrected chi connectivity index (χ1v) is 9.33. The van der Waals surface area contributed by atoms with E-state index in [-0.39, 0.29) is 24.2 Å². The third-order valence-electron chi connectivity index (χ3n) is 4.99. The number of carbonyl (C=O) groups is 1. The number of piperidine rings is 1. The molecule has 2 unspecified atom stereocenters. The summed E-state index contributed by atoms with van der Waals surface area (Å²) in [5, 5.41) is 7.28. The average Bonchev–Trinajstić information content (AvgIpc) is 3.08. The van der Waals surface area contributed by atoms with Gasteiger partial charge in [0.05, 0.1) is 5.92 Å². The lowest BCUT2D eigenvalue weighted by atomic mass is 9.97. The number of likely N-dealkylation sites (N-methyl/N-ethyl adjacent to an activating group) is 1. The third kappa shape index (κ3) is 5.30. The van der Waals surface area contributed by atoms with Crippen molar-refractivity contribution in [3.05, 3.63) is 46.6 Å². The molecule has 1 aromatic carbocycles. The maximum atomic E-state index is 12.9. The molecule has 0 saturated carbocycles. The standard InChI is InChI=1S/C20H28N4O2.ClH/c1-13-8-14(2)10-17(9-13)20(25)24-7-5-6-16(12-24)19-22-18(23-26-19)11-15(3)21-4;/h8-10,15-16,21H,5-7,11-12H2,1-4H3;1H. The summed E-state index contributed by atoms with van der Waals surface area (Å²) < 4.78 is 5.49. The molecule has 2 atom stereocenters. The molecule has 27 heavy (non-hydrogen) atoms. The average molecular weight is 393 g/mol. The number of likely N-dealkylation sites (tertiary alicyclic amines) is 1. The molecule has 3 rings (SSSR count). The molecule has 1 aliphatic rings. The summed E-state index contributed by atoms with van der Waals surface area (Å²) in [5.74, 6) is 1.58. The number of hydrogen-bond acceptors (Lipinski definition) is 5. The van der Waals surface area contributed by atoms with Gasteiger partial charge >= 0.3 is 0 Å². The third-order valence-corrected chi connectivity index (χ3v) is 4.99.